The molecule has 112 valence electrons. The summed E-state index contributed by atoms with van der Waals surface area (Å²) in [6, 6.07) is 9.49. The molecule has 0 spiro atoms. The van der Waals surface area contributed by atoms with Crippen molar-refractivity contribution in [2.75, 3.05) is 6.54 Å². The Bertz CT molecular complexity index is 750. The minimum Gasteiger partial charge on any atom is -0.352 e. The Balaban J connectivity index is 1.59. The number of thiophene rings is 1. The van der Waals surface area contributed by atoms with E-state index in [2.05, 4.69) is 15.3 Å². The maximum Gasteiger partial charge on any atom is 0.251 e. The summed E-state index contributed by atoms with van der Waals surface area (Å²) >= 11 is 1.63. The zero-order valence-corrected chi connectivity index (χ0v) is 12.5. The average molecular weight is 315 g/mol. The van der Waals surface area contributed by atoms with Crippen molar-refractivity contribution in [1.29, 1.82) is 0 Å². The van der Waals surface area contributed by atoms with Crippen molar-refractivity contribution in [3.63, 3.8) is 0 Å². The predicted molar refractivity (Wildman–Crippen MR) is 84.3 cm³/mol. The summed E-state index contributed by atoms with van der Waals surface area (Å²) in [7, 11) is 0. The fourth-order valence-electron chi connectivity index (χ4n) is 2.14. The quantitative estimate of drug-likeness (QED) is 0.759. The van der Waals surface area contributed by atoms with Crippen LogP contribution in [0.4, 0.5) is 4.39 Å². The number of amides is 1. The lowest BCUT2D eigenvalue weighted by Crippen LogP contribution is -2.25. The zero-order chi connectivity index (χ0) is 15.4. The SMILES string of the molecule is O=C(NCCc1[nH]cnc1-c1cccs1)c1ccc(F)cc1. The van der Waals surface area contributed by atoms with E-state index in [1.165, 1.54) is 24.3 Å². The van der Waals surface area contributed by atoms with E-state index in [-0.39, 0.29) is 11.7 Å². The van der Waals surface area contributed by atoms with Crippen LogP contribution < -0.4 is 5.32 Å². The molecule has 3 rings (SSSR count). The fraction of sp³-hybridized carbons (Fsp3) is 0.125. The van der Waals surface area contributed by atoms with Gasteiger partial charge in [-0.05, 0) is 35.7 Å². The molecular weight excluding hydrogens is 301 g/mol. The van der Waals surface area contributed by atoms with Crippen molar-refractivity contribution >= 4 is 17.2 Å². The highest BCUT2D eigenvalue weighted by molar-refractivity contribution is 7.13. The van der Waals surface area contributed by atoms with Gasteiger partial charge >= 0.3 is 0 Å². The number of rotatable bonds is 5. The second-order valence-corrected chi connectivity index (χ2v) is 5.67. The Morgan fingerprint density at radius 2 is 2.09 bits per heavy atom. The van der Waals surface area contributed by atoms with Gasteiger partial charge in [-0.15, -0.1) is 11.3 Å². The molecule has 0 saturated carbocycles. The molecule has 0 saturated heterocycles. The summed E-state index contributed by atoms with van der Waals surface area (Å²) < 4.78 is 12.8. The van der Waals surface area contributed by atoms with Crippen LogP contribution in [0, 0.1) is 5.82 Å². The predicted octanol–water partition coefficient (Wildman–Crippen LogP) is 3.25. The highest BCUT2D eigenvalue weighted by Gasteiger charge is 2.10. The van der Waals surface area contributed by atoms with Crippen LogP contribution in [-0.4, -0.2) is 22.4 Å². The van der Waals surface area contributed by atoms with Crippen LogP contribution in [0.1, 0.15) is 16.1 Å². The lowest BCUT2D eigenvalue weighted by Gasteiger charge is -2.05. The molecule has 1 aromatic carbocycles. The van der Waals surface area contributed by atoms with Crippen LogP contribution in [0.3, 0.4) is 0 Å². The number of nitrogens with one attached hydrogen (secondary N) is 2. The van der Waals surface area contributed by atoms with E-state index in [4.69, 9.17) is 0 Å². The third-order valence-electron chi connectivity index (χ3n) is 3.24. The Morgan fingerprint density at radius 1 is 1.27 bits per heavy atom. The summed E-state index contributed by atoms with van der Waals surface area (Å²) in [6.45, 7) is 0.483. The molecule has 0 radical (unpaired) electrons. The Kier molecular flexibility index (Phi) is 4.29. The van der Waals surface area contributed by atoms with Crippen molar-refractivity contribution in [1.82, 2.24) is 15.3 Å². The van der Waals surface area contributed by atoms with Crippen LogP contribution in [0.2, 0.25) is 0 Å². The minimum atomic E-state index is -0.352. The topological polar surface area (TPSA) is 57.8 Å². The number of nitrogens with zero attached hydrogens (tertiary/aromatic N) is 1. The lowest BCUT2D eigenvalue weighted by atomic mass is 10.2. The normalized spacial score (nSPS) is 10.6. The first-order valence-corrected chi connectivity index (χ1v) is 7.72. The Morgan fingerprint density at radius 3 is 2.82 bits per heavy atom. The first kappa shape index (κ1) is 14.5. The van der Waals surface area contributed by atoms with E-state index in [1.54, 1.807) is 17.7 Å². The van der Waals surface area contributed by atoms with Gasteiger partial charge in [-0.2, -0.15) is 0 Å². The van der Waals surface area contributed by atoms with Gasteiger partial charge < -0.3 is 10.3 Å². The van der Waals surface area contributed by atoms with E-state index in [1.807, 2.05) is 17.5 Å². The summed E-state index contributed by atoms with van der Waals surface area (Å²) in [5.74, 6) is -0.563. The molecule has 4 nitrogen and oxygen atoms in total. The molecule has 2 heterocycles. The highest BCUT2D eigenvalue weighted by atomic mass is 32.1. The van der Waals surface area contributed by atoms with Crippen LogP contribution in [0.5, 0.6) is 0 Å². The van der Waals surface area contributed by atoms with E-state index < -0.39 is 0 Å². The van der Waals surface area contributed by atoms with E-state index >= 15 is 0 Å². The standard InChI is InChI=1S/C16H14FN3OS/c17-12-5-3-11(4-6-12)16(21)18-8-7-13-15(20-10-19-13)14-2-1-9-22-14/h1-6,9-10H,7-8H2,(H,18,21)(H,19,20). The van der Waals surface area contributed by atoms with Crippen LogP contribution >= 0.6 is 11.3 Å². The van der Waals surface area contributed by atoms with Gasteiger partial charge in [0.1, 0.15) is 11.5 Å². The number of aromatic nitrogens is 2. The maximum atomic E-state index is 12.8. The van der Waals surface area contributed by atoms with Gasteiger partial charge in [0.2, 0.25) is 0 Å². The number of carbonyl (C=O) groups excluding carboxylic acids is 1. The third kappa shape index (κ3) is 3.23. The second kappa shape index (κ2) is 6.53. The molecule has 0 aliphatic rings. The summed E-state index contributed by atoms with van der Waals surface area (Å²) in [5, 5.41) is 4.83. The van der Waals surface area contributed by atoms with Crippen LogP contribution in [0.15, 0.2) is 48.1 Å². The number of benzene rings is 1. The molecular formula is C16H14FN3OS. The zero-order valence-electron chi connectivity index (χ0n) is 11.7. The third-order valence-corrected chi connectivity index (χ3v) is 4.12. The van der Waals surface area contributed by atoms with Crippen molar-refractivity contribution in [3.05, 3.63) is 65.2 Å². The molecule has 0 aliphatic heterocycles. The van der Waals surface area contributed by atoms with Gasteiger partial charge in [0.25, 0.3) is 5.91 Å². The van der Waals surface area contributed by atoms with E-state index in [9.17, 15) is 9.18 Å². The number of H-pyrrole nitrogens is 1. The van der Waals surface area contributed by atoms with E-state index in [0.29, 0.717) is 18.5 Å². The Hall–Kier alpha value is -2.47. The van der Waals surface area contributed by atoms with Gasteiger partial charge in [-0.25, -0.2) is 9.37 Å². The largest absolute Gasteiger partial charge is 0.352 e. The summed E-state index contributed by atoms with van der Waals surface area (Å²) in [5.41, 5.74) is 2.36. The summed E-state index contributed by atoms with van der Waals surface area (Å²) in [6.07, 6.45) is 2.31. The molecule has 0 fully saturated rings. The summed E-state index contributed by atoms with van der Waals surface area (Å²) in [4.78, 5) is 20.5. The van der Waals surface area contributed by atoms with Gasteiger partial charge in [0, 0.05) is 24.2 Å². The first-order valence-electron chi connectivity index (χ1n) is 6.84. The van der Waals surface area contributed by atoms with Crippen LogP contribution in [0.25, 0.3) is 10.6 Å². The highest BCUT2D eigenvalue weighted by Crippen LogP contribution is 2.25. The van der Waals surface area contributed by atoms with Crippen molar-refractivity contribution in [2.24, 2.45) is 0 Å². The van der Waals surface area contributed by atoms with Crippen LogP contribution in [-0.2, 0) is 6.42 Å². The lowest BCUT2D eigenvalue weighted by molar-refractivity contribution is 0.0954. The number of imidazole rings is 1. The number of carbonyl (C=O) groups is 1. The number of halogens is 1. The molecule has 0 unspecified atom stereocenters. The van der Waals surface area contributed by atoms with Gasteiger partial charge in [0.15, 0.2) is 0 Å². The molecule has 2 N–H and O–H groups in total. The minimum absolute atomic E-state index is 0.211. The van der Waals surface area contributed by atoms with Crippen molar-refractivity contribution in [2.45, 2.75) is 6.42 Å². The monoisotopic (exact) mass is 315 g/mol. The molecule has 1 amide bonds. The number of aromatic amines is 1. The molecule has 0 aliphatic carbocycles. The average Bonchev–Trinajstić information content (AvgIpc) is 3.18. The molecule has 0 atom stereocenters. The van der Waals surface area contributed by atoms with Crippen molar-refractivity contribution < 1.29 is 9.18 Å². The first-order chi connectivity index (χ1) is 10.7. The van der Waals surface area contributed by atoms with Gasteiger partial charge in [-0.3, -0.25) is 4.79 Å². The molecule has 2 aromatic heterocycles. The molecule has 22 heavy (non-hydrogen) atoms. The van der Waals surface area contributed by atoms with Crippen molar-refractivity contribution in [3.8, 4) is 10.6 Å². The number of hydrogen-bond donors (Lipinski definition) is 2. The molecule has 6 heteroatoms. The fourth-order valence-corrected chi connectivity index (χ4v) is 2.89. The maximum absolute atomic E-state index is 12.8. The Labute approximate surface area is 131 Å². The number of hydrogen-bond acceptors (Lipinski definition) is 3. The second-order valence-electron chi connectivity index (χ2n) is 4.72. The van der Waals surface area contributed by atoms with E-state index in [0.717, 1.165) is 16.3 Å². The molecule has 0 bridgehead atoms. The van der Waals surface area contributed by atoms with Gasteiger partial charge in [0.05, 0.1) is 11.2 Å². The smallest absolute Gasteiger partial charge is 0.251 e. The molecule has 3 aromatic rings. The van der Waals surface area contributed by atoms with Gasteiger partial charge in [-0.1, -0.05) is 6.07 Å².